The van der Waals surface area contributed by atoms with E-state index in [0.717, 1.165) is 12.0 Å². The van der Waals surface area contributed by atoms with Crippen LogP contribution in [-0.4, -0.2) is 54.7 Å². The number of amides is 1. The molecule has 3 rings (SSSR count). The number of ether oxygens (including phenoxy) is 1. The van der Waals surface area contributed by atoms with Crippen LogP contribution in [0, 0.1) is 0 Å². The minimum Gasteiger partial charge on any atom is -0.435 e. The van der Waals surface area contributed by atoms with E-state index in [1.807, 2.05) is 25.1 Å². The van der Waals surface area contributed by atoms with Crippen LogP contribution in [0.5, 0.6) is 5.75 Å². The number of aliphatic hydroxyl groups is 1. The van der Waals surface area contributed by atoms with Gasteiger partial charge in [0.05, 0.1) is 6.10 Å². The van der Waals surface area contributed by atoms with Crippen molar-refractivity contribution in [2.45, 2.75) is 32.6 Å². The highest BCUT2D eigenvalue weighted by Crippen LogP contribution is 2.20. The Kier molecular flexibility index (Phi) is 8.38. The number of rotatable bonds is 8. The van der Waals surface area contributed by atoms with Crippen molar-refractivity contribution in [2.75, 3.05) is 26.2 Å². The molecule has 0 spiro atoms. The number of guanidine groups is 1. The Morgan fingerprint density at radius 1 is 1.16 bits per heavy atom. The van der Waals surface area contributed by atoms with Crippen molar-refractivity contribution in [1.29, 1.82) is 0 Å². The van der Waals surface area contributed by atoms with E-state index in [1.54, 1.807) is 4.90 Å². The number of carbonyl (C=O) groups is 1. The lowest BCUT2D eigenvalue weighted by molar-refractivity contribution is -0.130. The van der Waals surface area contributed by atoms with Crippen molar-refractivity contribution >= 4 is 11.9 Å². The molecular weight excluding hydrogens is 418 g/mol. The van der Waals surface area contributed by atoms with Crippen LogP contribution in [0.3, 0.4) is 0 Å². The molecule has 1 heterocycles. The molecule has 9 heteroatoms. The zero-order valence-corrected chi connectivity index (χ0v) is 17.9. The van der Waals surface area contributed by atoms with Crippen molar-refractivity contribution in [1.82, 2.24) is 15.5 Å². The molecule has 1 unspecified atom stereocenters. The van der Waals surface area contributed by atoms with Crippen LogP contribution in [0.4, 0.5) is 8.78 Å². The molecule has 7 nitrogen and oxygen atoms in total. The number of benzene rings is 2. The SMILES string of the molecule is CCNC(=NCC(=O)N1CCc2ccccc2C1)NCC(O)c1ccc(OC(F)F)cc1. The van der Waals surface area contributed by atoms with E-state index in [2.05, 4.69) is 26.4 Å². The van der Waals surface area contributed by atoms with Gasteiger partial charge in [-0.25, -0.2) is 4.99 Å². The number of aliphatic hydroxyl groups excluding tert-OH is 1. The summed E-state index contributed by atoms with van der Waals surface area (Å²) < 4.78 is 28.8. The fourth-order valence-electron chi connectivity index (χ4n) is 3.48. The zero-order chi connectivity index (χ0) is 22.9. The lowest BCUT2D eigenvalue weighted by Crippen LogP contribution is -2.41. The van der Waals surface area contributed by atoms with Crippen LogP contribution in [0.25, 0.3) is 0 Å². The van der Waals surface area contributed by atoms with Gasteiger partial charge in [0.1, 0.15) is 12.3 Å². The Morgan fingerprint density at radius 3 is 2.56 bits per heavy atom. The van der Waals surface area contributed by atoms with Gasteiger partial charge in [-0.2, -0.15) is 8.78 Å². The van der Waals surface area contributed by atoms with Crippen molar-refractivity contribution in [3.05, 3.63) is 65.2 Å². The second-order valence-corrected chi connectivity index (χ2v) is 7.37. The molecule has 3 N–H and O–H groups in total. The first-order chi connectivity index (χ1) is 15.5. The Hall–Kier alpha value is -3.20. The molecule has 0 aromatic heterocycles. The van der Waals surface area contributed by atoms with Gasteiger partial charge in [0.25, 0.3) is 0 Å². The van der Waals surface area contributed by atoms with Gasteiger partial charge in [0.15, 0.2) is 5.96 Å². The Labute approximate surface area is 186 Å². The Bertz CT molecular complexity index is 922. The summed E-state index contributed by atoms with van der Waals surface area (Å²) in [5.74, 6) is 0.375. The highest BCUT2D eigenvalue weighted by molar-refractivity contribution is 5.85. The fraction of sp³-hybridized carbons (Fsp3) is 0.391. The summed E-state index contributed by atoms with van der Waals surface area (Å²) in [6, 6.07) is 13.9. The smallest absolute Gasteiger partial charge is 0.387 e. The molecule has 1 amide bonds. The number of halogens is 2. The molecule has 32 heavy (non-hydrogen) atoms. The summed E-state index contributed by atoms with van der Waals surface area (Å²) in [5, 5.41) is 16.4. The van der Waals surface area contributed by atoms with E-state index in [0.29, 0.717) is 31.2 Å². The van der Waals surface area contributed by atoms with Crippen molar-refractivity contribution in [3.8, 4) is 5.75 Å². The lowest BCUT2D eigenvalue weighted by Gasteiger charge is -2.28. The van der Waals surface area contributed by atoms with Crippen LogP contribution in [0.15, 0.2) is 53.5 Å². The molecule has 172 valence electrons. The summed E-state index contributed by atoms with van der Waals surface area (Å²) in [5.41, 5.74) is 2.98. The number of hydrogen-bond donors (Lipinski definition) is 3. The van der Waals surface area contributed by atoms with E-state index in [-0.39, 0.29) is 24.7 Å². The second-order valence-electron chi connectivity index (χ2n) is 7.37. The van der Waals surface area contributed by atoms with Gasteiger partial charge in [-0.1, -0.05) is 36.4 Å². The summed E-state index contributed by atoms with van der Waals surface area (Å²) in [7, 11) is 0. The van der Waals surface area contributed by atoms with Gasteiger partial charge in [-0.15, -0.1) is 0 Å². The summed E-state index contributed by atoms with van der Waals surface area (Å²) >= 11 is 0. The predicted molar refractivity (Wildman–Crippen MR) is 118 cm³/mol. The van der Waals surface area contributed by atoms with Crippen LogP contribution < -0.4 is 15.4 Å². The standard InChI is InChI=1S/C23H28F2N4O3/c1-2-26-23(27-13-20(30)17-7-9-19(10-8-17)32-22(24)25)28-14-21(31)29-12-11-16-5-3-4-6-18(16)15-29/h3-10,20,22,30H,2,11-15H2,1H3,(H2,26,27,28). The van der Waals surface area contributed by atoms with Crippen LogP contribution in [-0.2, 0) is 17.8 Å². The van der Waals surface area contributed by atoms with Gasteiger partial charge in [-0.05, 0) is 42.2 Å². The zero-order valence-electron chi connectivity index (χ0n) is 17.9. The number of aliphatic imine (C=N–C) groups is 1. The Balaban J connectivity index is 1.52. The highest BCUT2D eigenvalue weighted by Gasteiger charge is 2.20. The number of alkyl halides is 2. The molecule has 2 aromatic rings. The minimum absolute atomic E-state index is 0.00669. The maximum absolute atomic E-state index is 12.6. The molecule has 1 atom stereocenters. The molecule has 0 aliphatic carbocycles. The molecule has 1 aliphatic rings. The number of nitrogens with one attached hydrogen (secondary N) is 2. The van der Waals surface area contributed by atoms with E-state index >= 15 is 0 Å². The maximum atomic E-state index is 12.6. The first-order valence-corrected chi connectivity index (χ1v) is 10.6. The minimum atomic E-state index is -2.89. The molecule has 0 saturated carbocycles. The molecule has 0 fully saturated rings. The predicted octanol–water partition coefficient (Wildman–Crippen LogP) is 2.46. The molecular formula is C23H28F2N4O3. The van der Waals surface area contributed by atoms with Crippen molar-refractivity contribution < 1.29 is 23.4 Å². The van der Waals surface area contributed by atoms with Gasteiger partial charge < -0.3 is 25.4 Å². The Morgan fingerprint density at radius 2 is 1.88 bits per heavy atom. The van der Waals surface area contributed by atoms with Gasteiger partial charge in [0.2, 0.25) is 5.91 Å². The lowest BCUT2D eigenvalue weighted by atomic mass is 10.00. The number of carbonyl (C=O) groups excluding carboxylic acids is 1. The third-order valence-corrected chi connectivity index (χ3v) is 5.15. The van der Waals surface area contributed by atoms with Crippen LogP contribution >= 0.6 is 0 Å². The quantitative estimate of drug-likeness (QED) is 0.429. The monoisotopic (exact) mass is 446 g/mol. The number of fused-ring (bicyclic) bond motifs is 1. The first kappa shape index (κ1) is 23.5. The molecule has 0 bridgehead atoms. The fourth-order valence-corrected chi connectivity index (χ4v) is 3.48. The van der Waals surface area contributed by atoms with Crippen molar-refractivity contribution in [2.24, 2.45) is 4.99 Å². The van der Waals surface area contributed by atoms with E-state index < -0.39 is 12.7 Å². The van der Waals surface area contributed by atoms with Gasteiger partial charge in [0, 0.05) is 26.2 Å². The third-order valence-electron chi connectivity index (χ3n) is 5.15. The summed E-state index contributed by atoms with van der Waals surface area (Å²) in [6.45, 7) is 0.969. The van der Waals surface area contributed by atoms with Gasteiger partial charge >= 0.3 is 6.61 Å². The summed E-state index contributed by atoms with van der Waals surface area (Å²) in [6.07, 6.45) is -0.0640. The normalized spacial score (nSPS) is 14.7. The van der Waals surface area contributed by atoms with E-state index in [1.165, 1.54) is 29.8 Å². The maximum Gasteiger partial charge on any atom is 0.387 e. The number of hydrogen-bond acceptors (Lipinski definition) is 4. The average Bonchev–Trinajstić information content (AvgIpc) is 2.80. The molecule has 2 aromatic carbocycles. The second kappa shape index (κ2) is 11.4. The van der Waals surface area contributed by atoms with Crippen LogP contribution in [0.2, 0.25) is 0 Å². The average molecular weight is 446 g/mol. The first-order valence-electron chi connectivity index (χ1n) is 10.6. The molecule has 1 aliphatic heterocycles. The van der Waals surface area contributed by atoms with Crippen LogP contribution in [0.1, 0.15) is 29.7 Å². The van der Waals surface area contributed by atoms with Gasteiger partial charge in [-0.3, -0.25) is 4.79 Å². The van der Waals surface area contributed by atoms with E-state index in [4.69, 9.17) is 0 Å². The number of nitrogens with zero attached hydrogens (tertiary/aromatic N) is 2. The largest absolute Gasteiger partial charge is 0.435 e. The molecule has 0 radical (unpaired) electrons. The third kappa shape index (κ3) is 6.65. The topological polar surface area (TPSA) is 86.2 Å². The summed E-state index contributed by atoms with van der Waals surface area (Å²) in [4.78, 5) is 18.8. The van der Waals surface area contributed by atoms with E-state index in [9.17, 15) is 18.7 Å². The molecule has 0 saturated heterocycles. The highest BCUT2D eigenvalue weighted by atomic mass is 19.3. The van der Waals surface area contributed by atoms with Crippen molar-refractivity contribution in [3.63, 3.8) is 0 Å².